The van der Waals surface area contributed by atoms with Gasteiger partial charge >= 0.3 is 11.9 Å². The van der Waals surface area contributed by atoms with Gasteiger partial charge < -0.3 is 15.3 Å². The number of Topliss-reactive ketones (excluding diaryl/α,β-unsaturated/α-hetero) is 1. The van der Waals surface area contributed by atoms with Crippen LogP contribution in [0.4, 0.5) is 0 Å². The molecule has 7 heteroatoms. The van der Waals surface area contributed by atoms with Crippen molar-refractivity contribution >= 4 is 29.5 Å². The molecule has 0 spiro atoms. The number of aliphatic hydroxyl groups is 1. The van der Waals surface area contributed by atoms with Gasteiger partial charge in [0.2, 0.25) is 5.78 Å². The van der Waals surface area contributed by atoms with Crippen molar-refractivity contribution in [3.8, 4) is 0 Å². The van der Waals surface area contributed by atoms with E-state index in [9.17, 15) is 19.5 Å². The van der Waals surface area contributed by atoms with E-state index in [2.05, 4.69) is 19.1 Å². The number of hydrogen-bond acceptors (Lipinski definition) is 5. The summed E-state index contributed by atoms with van der Waals surface area (Å²) in [6.45, 7) is 2.18. The minimum Gasteiger partial charge on any atom is -0.481 e. The van der Waals surface area contributed by atoms with Crippen LogP contribution < -0.4 is 0 Å². The van der Waals surface area contributed by atoms with Crippen LogP contribution in [0.25, 0.3) is 0 Å². The molecule has 0 aromatic carbocycles. The molecule has 0 amide bonds. The van der Waals surface area contributed by atoms with Gasteiger partial charge in [-0.3, -0.25) is 9.59 Å². The first kappa shape index (κ1) is 27.9. The Morgan fingerprint density at radius 1 is 0.933 bits per heavy atom. The third-order valence-corrected chi connectivity index (χ3v) is 5.38. The van der Waals surface area contributed by atoms with Gasteiger partial charge in [0.05, 0.1) is 11.9 Å². The molecule has 0 saturated heterocycles. The van der Waals surface area contributed by atoms with Crippen LogP contribution in [0.2, 0.25) is 0 Å². The van der Waals surface area contributed by atoms with Gasteiger partial charge in [0.1, 0.15) is 0 Å². The van der Waals surface area contributed by atoms with E-state index in [1.807, 2.05) is 18.2 Å². The Morgan fingerprint density at radius 2 is 1.67 bits per heavy atom. The Balaban J connectivity index is 4.53. The van der Waals surface area contributed by atoms with Crippen LogP contribution in [0.5, 0.6) is 0 Å². The van der Waals surface area contributed by atoms with Crippen LogP contribution in [0.3, 0.4) is 0 Å². The van der Waals surface area contributed by atoms with Gasteiger partial charge in [-0.2, -0.15) is 0 Å². The van der Waals surface area contributed by atoms with Crippen molar-refractivity contribution in [2.24, 2.45) is 0 Å². The number of hydrogen-bond donors (Lipinski definition) is 3. The molecule has 0 rings (SSSR count). The highest BCUT2D eigenvalue weighted by Gasteiger charge is 2.20. The Hall–Kier alpha value is -2.12. The Kier molecular flexibility index (Phi) is 17.5. The van der Waals surface area contributed by atoms with E-state index >= 15 is 0 Å². The molecule has 0 bridgehead atoms. The molecule has 0 aliphatic heterocycles. The number of thioether (sulfide) groups is 1. The zero-order chi connectivity index (χ0) is 22.6. The van der Waals surface area contributed by atoms with Gasteiger partial charge in [0.25, 0.3) is 0 Å². The van der Waals surface area contributed by atoms with Gasteiger partial charge in [-0.25, -0.2) is 4.79 Å². The number of rotatable bonds is 18. The zero-order valence-electron chi connectivity index (χ0n) is 17.6. The normalized spacial score (nSPS) is 14.2. The number of carbonyl (C=O) groups excluding carboxylic acids is 1. The first-order valence-electron chi connectivity index (χ1n) is 10.3. The highest BCUT2D eigenvalue weighted by molar-refractivity contribution is 8.00. The van der Waals surface area contributed by atoms with E-state index in [1.165, 1.54) is 19.3 Å². The molecular weight excluding hydrogens is 404 g/mol. The molecule has 0 radical (unpaired) electrons. The molecule has 0 fully saturated rings. The molecule has 0 aromatic heterocycles. The van der Waals surface area contributed by atoms with Crippen LogP contribution in [-0.4, -0.2) is 50.1 Å². The highest BCUT2D eigenvalue weighted by atomic mass is 32.2. The summed E-state index contributed by atoms with van der Waals surface area (Å²) < 4.78 is 0. The van der Waals surface area contributed by atoms with Gasteiger partial charge in [-0.1, -0.05) is 68.4 Å². The van der Waals surface area contributed by atoms with Gasteiger partial charge in [-0.15, -0.1) is 11.8 Å². The van der Waals surface area contributed by atoms with Crippen LogP contribution in [-0.2, 0) is 14.4 Å². The summed E-state index contributed by atoms with van der Waals surface area (Å²) >= 11 is 1.03. The van der Waals surface area contributed by atoms with Crippen LogP contribution in [0, 0.1) is 0 Å². The molecule has 0 aliphatic carbocycles. The lowest BCUT2D eigenvalue weighted by atomic mass is 10.1. The third-order valence-electron chi connectivity index (χ3n) is 4.10. The van der Waals surface area contributed by atoms with E-state index in [4.69, 9.17) is 10.2 Å². The summed E-state index contributed by atoms with van der Waals surface area (Å²) in [5.74, 6) is -3.63. The Bertz CT molecular complexity index is 621. The summed E-state index contributed by atoms with van der Waals surface area (Å²) in [5, 5.41) is 27.2. The van der Waals surface area contributed by atoms with Gasteiger partial charge in [-0.05, 0) is 32.1 Å². The van der Waals surface area contributed by atoms with Crippen molar-refractivity contribution in [2.75, 3.05) is 5.75 Å². The van der Waals surface area contributed by atoms with E-state index in [0.29, 0.717) is 6.42 Å². The molecule has 0 aliphatic rings. The fourth-order valence-electron chi connectivity index (χ4n) is 2.42. The molecule has 2 atom stereocenters. The standard InChI is InChI=1S/C23H34O6S/c1-2-3-4-5-6-7-8-9-10-11-12-13-16-21(30-18-20(25)23(28)29)19(24)15-14-17-22(26)27/h6-7,9-13,16,19,21,24H,2-5,8,14-15,17-18H2,1H3,(H,26,27)(H,28,29)/b7-6-,10-9+,12-11+,16-13+/t19-,21+/m0/s1. The fraction of sp³-hybridized carbons (Fsp3) is 0.522. The lowest BCUT2D eigenvalue weighted by molar-refractivity contribution is -0.147. The number of aliphatic hydroxyl groups excluding tert-OH is 1. The smallest absolute Gasteiger partial charge is 0.373 e. The van der Waals surface area contributed by atoms with Crippen LogP contribution in [0.1, 0.15) is 58.3 Å². The topological polar surface area (TPSA) is 112 Å². The lowest BCUT2D eigenvalue weighted by Gasteiger charge is -2.18. The van der Waals surface area contributed by atoms with E-state index in [0.717, 1.165) is 24.6 Å². The predicted molar refractivity (Wildman–Crippen MR) is 122 cm³/mol. The number of carboxylic acids is 2. The second-order valence-corrected chi connectivity index (χ2v) is 7.92. The molecule has 0 saturated carbocycles. The minimum atomic E-state index is -1.50. The quantitative estimate of drug-likeness (QED) is 0.124. The average molecular weight is 439 g/mol. The number of carboxylic acid groups (broad SMARTS) is 2. The monoisotopic (exact) mass is 438 g/mol. The second kappa shape index (κ2) is 18.9. The maximum Gasteiger partial charge on any atom is 0.373 e. The SMILES string of the molecule is CCCCC/C=C\C/C=C/C=C/C=C/[C@@H](SCC(=O)C(=O)O)[C@@H](O)CCCC(=O)O. The first-order chi connectivity index (χ1) is 14.4. The summed E-state index contributed by atoms with van der Waals surface area (Å²) in [7, 11) is 0. The minimum absolute atomic E-state index is 0.0516. The van der Waals surface area contributed by atoms with Crippen molar-refractivity contribution in [2.45, 2.75) is 69.6 Å². The maximum absolute atomic E-state index is 11.3. The number of carbonyl (C=O) groups is 3. The molecule has 0 aromatic rings. The van der Waals surface area contributed by atoms with Crippen molar-refractivity contribution < 1.29 is 29.7 Å². The first-order valence-corrected chi connectivity index (χ1v) is 11.4. The molecule has 30 heavy (non-hydrogen) atoms. The van der Waals surface area contributed by atoms with Crippen LogP contribution in [0.15, 0.2) is 48.6 Å². The summed E-state index contributed by atoms with van der Waals surface area (Å²) in [6, 6.07) is 0. The third kappa shape index (κ3) is 16.8. The van der Waals surface area contributed by atoms with Crippen molar-refractivity contribution in [1.82, 2.24) is 0 Å². The molecular formula is C23H34O6S. The van der Waals surface area contributed by atoms with Gasteiger partial charge in [0, 0.05) is 11.7 Å². The Morgan fingerprint density at radius 3 is 2.33 bits per heavy atom. The van der Waals surface area contributed by atoms with Gasteiger partial charge in [0.15, 0.2) is 0 Å². The van der Waals surface area contributed by atoms with E-state index < -0.39 is 29.1 Å². The van der Waals surface area contributed by atoms with Crippen molar-refractivity contribution in [3.05, 3.63) is 48.6 Å². The van der Waals surface area contributed by atoms with Crippen molar-refractivity contribution in [1.29, 1.82) is 0 Å². The number of aliphatic carboxylic acids is 2. The van der Waals surface area contributed by atoms with Crippen molar-refractivity contribution in [3.63, 3.8) is 0 Å². The highest BCUT2D eigenvalue weighted by Crippen LogP contribution is 2.20. The lowest BCUT2D eigenvalue weighted by Crippen LogP contribution is -2.24. The summed E-state index contributed by atoms with van der Waals surface area (Å²) in [4.78, 5) is 32.6. The zero-order valence-corrected chi connectivity index (χ0v) is 18.4. The van der Waals surface area contributed by atoms with Crippen LogP contribution >= 0.6 is 11.8 Å². The van der Waals surface area contributed by atoms with E-state index in [1.54, 1.807) is 18.2 Å². The molecule has 3 N–H and O–H groups in total. The molecule has 0 heterocycles. The molecule has 6 nitrogen and oxygen atoms in total. The largest absolute Gasteiger partial charge is 0.481 e. The number of ketones is 1. The summed E-state index contributed by atoms with van der Waals surface area (Å²) in [5.41, 5.74) is 0. The second-order valence-electron chi connectivity index (χ2n) is 6.76. The number of allylic oxidation sites excluding steroid dienone is 7. The maximum atomic E-state index is 11.3. The van der Waals surface area contributed by atoms with E-state index in [-0.39, 0.29) is 18.6 Å². The fourth-order valence-corrected chi connectivity index (χ4v) is 3.45. The Labute approximate surface area is 183 Å². The molecule has 168 valence electrons. The predicted octanol–water partition coefficient (Wildman–Crippen LogP) is 4.55. The average Bonchev–Trinajstić information content (AvgIpc) is 2.70. The number of unbranched alkanes of at least 4 members (excludes halogenated alkanes) is 3. The molecule has 0 unspecified atom stereocenters. The summed E-state index contributed by atoms with van der Waals surface area (Å²) in [6.07, 6.45) is 20.6.